The van der Waals surface area contributed by atoms with Gasteiger partial charge in [-0.1, -0.05) is 63.3 Å². The largest absolute Gasteiger partial charge is 0.322 e. The first-order valence-electron chi connectivity index (χ1n) is 10.6. The van der Waals surface area contributed by atoms with E-state index < -0.39 is 0 Å². The highest BCUT2D eigenvalue weighted by atomic mass is 35.5. The van der Waals surface area contributed by atoms with Crippen molar-refractivity contribution in [1.82, 2.24) is 10.2 Å². The van der Waals surface area contributed by atoms with E-state index in [1.54, 1.807) is 0 Å². The first-order valence-corrected chi connectivity index (χ1v) is 10.6. The van der Waals surface area contributed by atoms with Crippen molar-refractivity contribution >= 4 is 34.9 Å². The number of carbonyl (C=O) groups excluding carboxylic acids is 1. The molecule has 0 radical (unpaired) electrons. The Morgan fingerprint density at radius 3 is 2.43 bits per heavy atom. The van der Waals surface area contributed by atoms with Crippen LogP contribution in [0.1, 0.15) is 51.0 Å². The molecule has 154 valence electrons. The number of halogens is 1. The van der Waals surface area contributed by atoms with E-state index in [1.165, 1.54) is 54.9 Å². The van der Waals surface area contributed by atoms with Gasteiger partial charge in [-0.15, -0.1) is 12.4 Å². The van der Waals surface area contributed by atoms with Crippen molar-refractivity contribution in [1.29, 1.82) is 0 Å². The zero-order chi connectivity index (χ0) is 18.9. The molecular weight excluding hydrogens is 370 g/mol. The number of nitrogens with zero attached hydrogens (tertiary/aromatic N) is 1. The molecular formula is C23H34ClN3O. The summed E-state index contributed by atoms with van der Waals surface area (Å²) in [6, 6.07) is 12.9. The summed E-state index contributed by atoms with van der Waals surface area (Å²) in [4.78, 5) is 14.2. The van der Waals surface area contributed by atoms with E-state index in [0.717, 1.165) is 38.3 Å². The van der Waals surface area contributed by atoms with Gasteiger partial charge in [-0.2, -0.15) is 0 Å². The van der Waals surface area contributed by atoms with Gasteiger partial charge >= 0.3 is 6.03 Å². The number of anilines is 1. The number of rotatable bonds is 8. The van der Waals surface area contributed by atoms with Crippen molar-refractivity contribution in [3.63, 3.8) is 0 Å². The second-order valence-corrected chi connectivity index (χ2v) is 7.58. The molecule has 28 heavy (non-hydrogen) atoms. The lowest BCUT2D eigenvalue weighted by Crippen LogP contribution is -2.48. The van der Waals surface area contributed by atoms with E-state index in [1.807, 2.05) is 11.0 Å². The maximum absolute atomic E-state index is 12.4. The Bertz CT molecular complexity index is 744. The average Bonchev–Trinajstić information content (AvgIpc) is 2.71. The van der Waals surface area contributed by atoms with Gasteiger partial charge in [0.1, 0.15) is 0 Å². The Balaban J connectivity index is 0.00000280. The molecule has 2 N–H and O–H groups in total. The minimum Gasteiger partial charge on any atom is -0.322 e. The number of piperazine rings is 1. The lowest BCUT2D eigenvalue weighted by molar-refractivity contribution is 0.204. The summed E-state index contributed by atoms with van der Waals surface area (Å²) in [6.07, 6.45) is 9.16. The van der Waals surface area contributed by atoms with Gasteiger partial charge in [0.2, 0.25) is 0 Å². The second-order valence-electron chi connectivity index (χ2n) is 7.58. The molecule has 2 aromatic carbocycles. The summed E-state index contributed by atoms with van der Waals surface area (Å²) < 4.78 is 0. The maximum atomic E-state index is 12.4. The maximum Gasteiger partial charge on any atom is 0.321 e. The number of carbonyl (C=O) groups is 1. The van der Waals surface area contributed by atoms with E-state index in [0.29, 0.717) is 0 Å². The second kappa shape index (κ2) is 11.9. The van der Waals surface area contributed by atoms with Crippen LogP contribution in [0.4, 0.5) is 10.5 Å². The van der Waals surface area contributed by atoms with Crippen molar-refractivity contribution < 1.29 is 4.79 Å². The quantitative estimate of drug-likeness (QED) is 0.563. The SMILES string of the molecule is CCCCCCCCc1ccc2cc(NC(=O)N3CCNCC3)ccc2c1.Cl. The lowest BCUT2D eigenvalue weighted by atomic mass is 10.0. The van der Waals surface area contributed by atoms with Gasteiger partial charge in [-0.3, -0.25) is 0 Å². The van der Waals surface area contributed by atoms with Crippen LogP contribution in [-0.4, -0.2) is 37.1 Å². The third kappa shape index (κ3) is 6.68. The number of amides is 2. The molecule has 5 heteroatoms. The van der Waals surface area contributed by atoms with Crippen LogP contribution in [0.3, 0.4) is 0 Å². The molecule has 0 aliphatic carbocycles. The molecule has 0 saturated carbocycles. The molecule has 3 rings (SSSR count). The van der Waals surface area contributed by atoms with E-state index in [2.05, 4.69) is 47.9 Å². The van der Waals surface area contributed by atoms with Crippen LogP contribution >= 0.6 is 12.4 Å². The Morgan fingerprint density at radius 2 is 1.64 bits per heavy atom. The summed E-state index contributed by atoms with van der Waals surface area (Å²) in [6.45, 7) is 5.53. The van der Waals surface area contributed by atoms with E-state index in [-0.39, 0.29) is 18.4 Å². The number of urea groups is 1. The number of hydrogen-bond acceptors (Lipinski definition) is 2. The predicted molar refractivity (Wildman–Crippen MR) is 122 cm³/mol. The smallest absolute Gasteiger partial charge is 0.321 e. The first kappa shape index (κ1) is 22.5. The topological polar surface area (TPSA) is 44.4 Å². The minimum atomic E-state index is -0.00413. The van der Waals surface area contributed by atoms with E-state index in [9.17, 15) is 4.79 Å². The fourth-order valence-corrected chi connectivity index (χ4v) is 3.71. The molecule has 0 bridgehead atoms. The molecule has 1 aliphatic heterocycles. The number of benzene rings is 2. The van der Waals surface area contributed by atoms with Crippen LogP contribution in [0.2, 0.25) is 0 Å². The number of nitrogens with one attached hydrogen (secondary N) is 2. The number of aryl methyl sites for hydroxylation is 1. The third-order valence-corrected chi connectivity index (χ3v) is 5.38. The number of fused-ring (bicyclic) bond motifs is 1. The highest BCUT2D eigenvalue weighted by Crippen LogP contribution is 2.22. The summed E-state index contributed by atoms with van der Waals surface area (Å²) in [5.41, 5.74) is 2.28. The zero-order valence-electron chi connectivity index (χ0n) is 17.0. The lowest BCUT2D eigenvalue weighted by Gasteiger charge is -2.27. The number of unbranched alkanes of at least 4 members (excludes halogenated alkanes) is 5. The fourth-order valence-electron chi connectivity index (χ4n) is 3.71. The Hall–Kier alpha value is -1.78. The molecule has 4 nitrogen and oxygen atoms in total. The van der Waals surface area contributed by atoms with Gasteiger partial charge in [-0.25, -0.2) is 4.79 Å². The highest BCUT2D eigenvalue weighted by Gasteiger charge is 2.16. The van der Waals surface area contributed by atoms with Gasteiger partial charge in [0.05, 0.1) is 0 Å². The highest BCUT2D eigenvalue weighted by molar-refractivity contribution is 5.93. The third-order valence-electron chi connectivity index (χ3n) is 5.38. The normalized spacial score (nSPS) is 14.0. The van der Waals surface area contributed by atoms with Gasteiger partial charge < -0.3 is 15.5 Å². The van der Waals surface area contributed by atoms with Crippen molar-refractivity contribution in [2.75, 3.05) is 31.5 Å². The van der Waals surface area contributed by atoms with Crippen LogP contribution in [0.15, 0.2) is 36.4 Å². The molecule has 1 aliphatic rings. The monoisotopic (exact) mass is 403 g/mol. The van der Waals surface area contributed by atoms with Gasteiger partial charge in [0, 0.05) is 31.9 Å². The fraction of sp³-hybridized carbons (Fsp3) is 0.522. The zero-order valence-corrected chi connectivity index (χ0v) is 17.8. The molecule has 0 unspecified atom stereocenters. The summed E-state index contributed by atoms with van der Waals surface area (Å²) in [5.74, 6) is 0. The van der Waals surface area contributed by atoms with Crippen LogP contribution < -0.4 is 10.6 Å². The minimum absolute atomic E-state index is 0. The predicted octanol–water partition coefficient (Wildman–Crippen LogP) is 5.60. The Kier molecular flexibility index (Phi) is 9.59. The molecule has 1 fully saturated rings. The summed E-state index contributed by atoms with van der Waals surface area (Å²) in [7, 11) is 0. The van der Waals surface area contributed by atoms with E-state index in [4.69, 9.17) is 0 Å². The molecule has 1 heterocycles. The van der Waals surface area contributed by atoms with Gasteiger partial charge in [-0.05, 0) is 41.3 Å². The Labute approximate surface area is 175 Å². The molecule has 2 amide bonds. The molecule has 0 aromatic heterocycles. The van der Waals surface area contributed by atoms with Crippen LogP contribution in [0, 0.1) is 0 Å². The molecule has 0 atom stereocenters. The van der Waals surface area contributed by atoms with Crippen molar-refractivity contribution in [3.05, 3.63) is 42.0 Å². The molecule has 0 spiro atoms. The van der Waals surface area contributed by atoms with Gasteiger partial charge in [0.25, 0.3) is 0 Å². The van der Waals surface area contributed by atoms with Crippen molar-refractivity contribution in [2.24, 2.45) is 0 Å². The van der Waals surface area contributed by atoms with Crippen LogP contribution in [0.25, 0.3) is 10.8 Å². The van der Waals surface area contributed by atoms with Gasteiger partial charge in [0.15, 0.2) is 0 Å². The molecule has 1 saturated heterocycles. The van der Waals surface area contributed by atoms with Crippen molar-refractivity contribution in [3.8, 4) is 0 Å². The average molecular weight is 404 g/mol. The summed E-state index contributed by atoms with van der Waals surface area (Å²) >= 11 is 0. The van der Waals surface area contributed by atoms with Crippen LogP contribution in [0.5, 0.6) is 0 Å². The number of hydrogen-bond donors (Lipinski definition) is 2. The van der Waals surface area contributed by atoms with Crippen LogP contribution in [-0.2, 0) is 6.42 Å². The Morgan fingerprint density at radius 1 is 0.964 bits per heavy atom. The standard InChI is InChI=1S/C23H33N3O.ClH/c1-2-3-4-5-6-7-8-19-9-10-21-18-22(12-11-20(21)17-19)25-23(27)26-15-13-24-14-16-26;/h9-12,17-18,24H,2-8,13-16H2,1H3,(H,25,27);1H. The van der Waals surface area contributed by atoms with E-state index >= 15 is 0 Å². The first-order chi connectivity index (χ1) is 13.3. The molecule has 2 aromatic rings. The summed E-state index contributed by atoms with van der Waals surface area (Å²) in [5, 5.41) is 8.73. The van der Waals surface area contributed by atoms with Crippen molar-refractivity contribution in [2.45, 2.75) is 51.9 Å².